The molecule has 1 heterocycles. The Morgan fingerprint density at radius 3 is 2.45 bits per heavy atom. The molecule has 0 aliphatic carbocycles. The summed E-state index contributed by atoms with van der Waals surface area (Å²) in [7, 11) is 0. The van der Waals surface area contributed by atoms with Gasteiger partial charge in [-0.2, -0.15) is 0 Å². The third kappa shape index (κ3) is 4.78. The molecule has 3 rings (SSSR count). The molecule has 1 amide bonds. The van der Waals surface area contributed by atoms with Gasteiger partial charge in [0.05, 0.1) is 17.8 Å². The van der Waals surface area contributed by atoms with Crippen LogP contribution in [0.2, 0.25) is 5.02 Å². The molecule has 1 aromatic heterocycles. The number of amides is 1. The number of aromatic nitrogens is 1. The van der Waals surface area contributed by atoms with Crippen LogP contribution in [0.4, 0.5) is 24.5 Å². The first-order valence-corrected chi connectivity index (χ1v) is 8.79. The van der Waals surface area contributed by atoms with Crippen molar-refractivity contribution in [1.29, 1.82) is 0 Å². The van der Waals surface area contributed by atoms with Gasteiger partial charge in [-0.1, -0.05) is 11.6 Å². The molecule has 0 spiro atoms. The predicted octanol–water partition coefficient (Wildman–Crippen LogP) is 5.30. The van der Waals surface area contributed by atoms with Crippen molar-refractivity contribution in [3.8, 4) is 11.5 Å². The van der Waals surface area contributed by atoms with E-state index in [1.54, 1.807) is 48.8 Å². The molecule has 0 aliphatic rings. The lowest BCUT2D eigenvalue weighted by molar-refractivity contribution is -0.114. The zero-order valence-electron chi connectivity index (χ0n) is 15.1. The minimum atomic E-state index is -1.55. The number of nitrogens with one attached hydrogen (secondary N) is 2. The lowest BCUT2D eigenvalue weighted by Crippen LogP contribution is -2.23. The van der Waals surface area contributed by atoms with Crippen molar-refractivity contribution in [3.05, 3.63) is 76.8 Å². The number of anilines is 2. The van der Waals surface area contributed by atoms with Gasteiger partial charge in [0.1, 0.15) is 17.2 Å². The van der Waals surface area contributed by atoms with Gasteiger partial charge in [-0.3, -0.25) is 9.78 Å². The van der Waals surface area contributed by atoms with E-state index in [-0.39, 0.29) is 12.1 Å². The second-order valence-electron chi connectivity index (χ2n) is 5.97. The molecule has 29 heavy (non-hydrogen) atoms. The van der Waals surface area contributed by atoms with Gasteiger partial charge in [-0.25, -0.2) is 13.2 Å². The minimum absolute atomic E-state index is 0.293. The zero-order valence-corrected chi connectivity index (χ0v) is 15.9. The summed E-state index contributed by atoms with van der Waals surface area (Å²) in [5.41, 5.74) is -0.604. The van der Waals surface area contributed by atoms with E-state index < -0.39 is 34.1 Å². The average molecular weight is 422 g/mol. The molecule has 2 aromatic carbocycles. The largest absolute Gasteiger partial charge is 0.456 e. The SMILES string of the molecule is Cc1c(F)c(NC(=O)CNc2ccc(Oc3cccnc3)cc2)c(F)c(F)c1Cl. The number of hydrogen-bond donors (Lipinski definition) is 2. The smallest absolute Gasteiger partial charge is 0.243 e. The van der Waals surface area contributed by atoms with E-state index in [4.69, 9.17) is 16.3 Å². The number of hydrogen-bond acceptors (Lipinski definition) is 4. The first kappa shape index (κ1) is 20.5. The summed E-state index contributed by atoms with van der Waals surface area (Å²) in [6.45, 7) is 0.883. The Labute approximate surface area is 169 Å². The summed E-state index contributed by atoms with van der Waals surface area (Å²) in [6, 6.07) is 10.2. The minimum Gasteiger partial charge on any atom is -0.456 e. The Hall–Kier alpha value is -3.26. The number of carbonyl (C=O) groups is 1. The van der Waals surface area contributed by atoms with Gasteiger partial charge in [0.15, 0.2) is 17.5 Å². The second-order valence-corrected chi connectivity index (χ2v) is 6.35. The number of ether oxygens (including phenoxy) is 1. The molecule has 0 atom stereocenters. The normalized spacial score (nSPS) is 10.5. The van der Waals surface area contributed by atoms with Gasteiger partial charge in [0.2, 0.25) is 5.91 Å². The highest BCUT2D eigenvalue weighted by atomic mass is 35.5. The van der Waals surface area contributed by atoms with Gasteiger partial charge >= 0.3 is 0 Å². The fourth-order valence-corrected chi connectivity index (χ4v) is 2.58. The Balaban J connectivity index is 1.60. The van der Waals surface area contributed by atoms with Crippen LogP contribution in [-0.2, 0) is 4.79 Å². The first-order valence-electron chi connectivity index (χ1n) is 8.41. The van der Waals surface area contributed by atoms with Crippen LogP contribution < -0.4 is 15.4 Å². The van der Waals surface area contributed by atoms with Crippen LogP contribution in [0.3, 0.4) is 0 Å². The van der Waals surface area contributed by atoms with E-state index in [2.05, 4.69) is 10.3 Å². The average Bonchev–Trinajstić information content (AvgIpc) is 2.74. The Morgan fingerprint density at radius 1 is 1.07 bits per heavy atom. The maximum Gasteiger partial charge on any atom is 0.243 e. The fraction of sp³-hybridized carbons (Fsp3) is 0.100. The predicted molar refractivity (Wildman–Crippen MR) is 104 cm³/mol. The molecule has 3 aromatic rings. The van der Waals surface area contributed by atoms with E-state index in [1.807, 2.05) is 5.32 Å². The summed E-state index contributed by atoms with van der Waals surface area (Å²) >= 11 is 5.51. The van der Waals surface area contributed by atoms with E-state index in [0.29, 0.717) is 17.2 Å². The van der Waals surface area contributed by atoms with Crippen molar-refractivity contribution in [3.63, 3.8) is 0 Å². The summed E-state index contributed by atoms with van der Waals surface area (Å²) < 4.78 is 47.3. The van der Waals surface area contributed by atoms with Crippen LogP contribution >= 0.6 is 11.6 Å². The highest BCUT2D eigenvalue weighted by molar-refractivity contribution is 6.31. The number of nitrogens with zero attached hydrogens (tertiary/aromatic N) is 1. The Bertz CT molecular complexity index is 1000. The molecule has 5 nitrogen and oxygen atoms in total. The number of carbonyl (C=O) groups excluding carboxylic acids is 1. The fourth-order valence-electron chi connectivity index (χ4n) is 2.41. The number of rotatable bonds is 6. The third-order valence-electron chi connectivity index (χ3n) is 3.92. The van der Waals surface area contributed by atoms with Gasteiger partial charge in [-0.15, -0.1) is 0 Å². The van der Waals surface area contributed by atoms with Gasteiger partial charge in [-0.05, 0) is 43.3 Å². The number of halogens is 4. The molecule has 0 fully saturated rings. The van der Waals surface area contributed by atoms with Crippen molar-refractivity contribution in [1.82, 2.24) is 4.98 Å². The summed E-state index contributed by atoms with van der Waals surface area (Å²) in [5, 5.41) is 4.15. The molecule has 0 saturated carbocycles. The number of pyridine rings is 1. The maximum absolute atomic E-state index is 14.1. The monoisotopic (exact) mass is 421 g/mol. The van der Waals surface area contributed by atoms with E-state index in [9.17, 15) is 18.0 Å². The molecule has 2 N–H and O–H groups in total. The van der Waals surface area contributed by atoms with E-state index in [0.717, 1.165) is 0 Å². The molecule has 9 heteroatoms. The topological polar surface area (TPSA) is 63.2 Å². The summed E-state index contributed by atoms with van der Waals surface area (Å²) in [4.78, 5) is 16.0. The quantitative estimate of drug-likeness (QED) is 0.418. The summed E-state index contributed by atoms with van der Waals surface area (Å²) in [6.07, 6.45) is 3.19. The van der Waals surface area contributed by atoms with Crippen molar-refractivity contribution in [2.45, 2.75) is 6.92 Å². The molecule has 0 aliphatic heterocycles. The van der Waals surface area contributed by atoms with Gasteiger partial charge in [0.25, 0.3) is 0 Å². The standard InChI is InChI=1S/C20H15ClF3N3O2/c1-11-16(21)18(23)19(24)20(17(11)22)27-15(28)10-26-12-4-6-13(7-5-12)29-14-3-2-8-25-9-14/h2-9,26H,10H2,1H3,(H,27,28). The van der Waals surface area contributed by atoms with Crippen LogP contribution in [-0.4, -0.2) is 17.4 Å². The highest BCUT2D eigenvalue weighted by Crippen LogP contribution is 2.31. The molecular formula is C20H15ClF3N3O2. The van der Waals surface area contributed by atoms with E-state index in [1.165, 1.54) is 6.92 Å². The van der Waals surface area contributed by atoms with Gasteiger partial charge < -0.3 is 15.4 Å². The second kappa shape index (κ2) is 8.83. The van der Waals surface area contributed by atoms with Crippen LogP contribution in [0.25, 0.3) is 0 Å². The maximum atomic E-state index is 14.1. The van der Waals surface area contributed by atoms with Crippen LogP contribution in [0.1, 0.15) is 5.56 Å². The highest BCUT2D eigenvalue weighted by Gasteiger charge is 2.23. The molecule has 150 valence electrons. The van der Waals surface area contributed by atoms with Crippen LogP contribution in [0, 0.1) is 24.4 Å². The molecule has 0 saturated heterocycles. The van der Waals surface area contributed by atoms with Crippen molar-refractivity contribution in [2.75, 3.05) is 17.2 Å². The van der Waals surface area contributed by atoms with Gasteiger partial charge in [0, 0.05) is 17.4 Å². The molecule has 0 radical (unpaired) electrons. The van der Waals surface area contributed by atoms with Crippen LogP contribution in [0.15, 0.2) is 48.8 Å². The number of benzene rings is 2. The molecule has 0 bridgehead atoms. The van der Waals surface area contributed by atoms with Crippen LogP contribution in [0.5, 0.6) is 11.5 Å². The zero-order chi connectivity index (χ0) is 21.0. The van der Waals surface area contributed by atoms with Crippen molar-refractivity contribution < 1.29 is 22.7 Å². The lowest BCUT2D eigenvalue weighted by Gasteiger charge is -2.13. The third-order valence-corrected chi connectivity index (χ3v) is 4.37. The summed E-state index contributed by atoms with van der Waals surface area (Å²) in [5.74, 6) is -3.73. The van der Waals surface area contributed by atoms with Crippen molar-refractivity contribution >= 4 is 28.9 Å². The molecular weight excluding hydrogens is 407 g/mol. The first-order chi connectivity index (χ1) is 13.9. The molecule has 0 unspecified atom stereocenters. The van der Waals surface area contributed by atoms with E-state index >= 15 is 0 Å². The van der Waals surface area contributed by atoms with Crippen molar-refractivity contribution in [2.24, 2.45) is 0 Å². The Kier molecular flexibility index (Phi) is 6.23. The lowest BCUT2D eigenvalue weighted by atomic mass is 10.2. The Morgan fingerprint density at radius 2 is 1.79 bits per heavy atom.